The van der Waals surface area contributed by atoms with E-state index in [1.54, 1.807) is 25.3 Å². The standard InChI is InChI=1S/C20H15ClN2O4S2/c1-10-3-6-13-15(7-10)29-20(22-13)23-16(24)9-27-19(25)18-17(21)12-5-4-11(26-2)8-14(12)28-18/h3-8H,9H2,1-2H3,(H,22,23,24). The summed E-state index contributed by atoms with van der Waals surface area (Å²) in [5.41, 5.74) is 1.92. The summed E-state index contributed by atoms with van der Waals surface area (Å²) in [4.78, 5) is 29.2. The summed E-state index contributed by atoms with van der Waals surface area (Å²) < 4.78 is 12.1. The van der Waals surface area contributed by atoms with Crippen molar-refractivity contribution in [1.29, 1.82) is 0 Å². The summed E-state index contributed by atoms with van der Waals surface area (Å²) in [5, 5.41) is 4.16. The number of amides is 1. The molecule has 1 amide bonds. The van der Waals surface area contributed by atoms with Crippen molar-refractivity contribution in [3.8, 4) is 5.75 Å². The number of thiazole rings is 1. The molecule has 0 bridgehead atoms. The van der Waals surface area contributed by atoms with Gasteiger partial charge in [0.1, 0.15) is 10.6 Å². The van der Waals surface area contributed by atoms with Gasteiger partial charge < -0.3 is 9.47 Å². The Kier molecular flexibility index (Phi) is 5.40. The molecule has 29 heavy (non-hydrogen) atoms. The van der Waals surface area contributed by atoms with Crippen molar-refractivity contribution >= 4 is 71.6 Å². The topological polar surface area (TPSA) is 77.5 Å². The van der Waals surface area contributed by atoms with Crippen molar-refractivity contribution in [1.82, 2.24) is 4.98 Å². The minimum atomic E-state index is -0.648. The number of ether oxygens (including phenoxy) is 2. The number of benzene rings is 2. The molecule has 0 radical (unpaired) electrons. The van der Waals surface area contributed by atoms with Gasteiger partial charge >= 0.3 is 5.97 Å². The van der Waals surface area contributed by atoms with Crippen LogP contribution in [0.2, 0.25) is 5.02 Å². The second kappa shape index (κ2) is 7.98. The van der Waals surface area contributed by atoms with E-state index < -0.39 is 18.5 Å². The number of aromatic nitrogens is 1. The highest BCUT2D eigenvalue weighted by atomic mass is 35.5. The van der Waals surface area contributed by atoms with Gasteiger partial charge in [-0.1, -0.05) is 29.0 Å². The predicted molar refractivity (Wildman–Crippen MR) is 117 cm³/mol. The van der Waals surface area contributed by atoms with Gasteiger partial charge in [0.05, 0.1) is 22.3 Å². The highest BCUT2D eigenvalue weighted by molar-refractivity contribution is 7.22. The van der Waals surface area contributed by atoms with Gasteiger partial charge in [0.2, 0.25) is 0 Å². The van der Waals surface area contributed by atoms with Gasteiger partial charge in [-0.15, -0.1) is 11.3 Å². The Balaban J connectivity index is 1.42. The molecule has 2 heterocycles. The van der Waals surface area contributed by atoms with Crippen LogP contribution in [0.4, 0.5) is 5.13 Å². The lowest BCUT2D eigenvalue weighted by molar-refractivity contribution is -0.119. The van der Waals surface area contributed by atoms with E-state index in [9.17, 15) is 9.59 Å². The van der Waals surface area contributed by atoms with Crippen molar-refractivity contribution < 1.29 is 19.1 Å². The largest absolute Gasteiger partial charge is 0.497 e. The lowest BCUT2D eigenvalue weighted by atomic mass is 10.2. The SMILES string of the molecule is COc1ccc2c(Cl)c(C(=O)OCC(=O)Nc3nc4ccc(C)cc4s3)sc2c1. The third-order valence-corrected chi connectivity index (χ3v) is 6.72. The maximum atomic E-state index is 12.4. The number of thiophene rings is 1. The Morgan fingerprint density at radius 2 is 1.97 bits per heavy atom. The van der Waals surface area contributed by atoms with E-state index >= 15 is 0 Å². The summed E-state index contributed by atoms with van der Waals surface area (Å²) in [5.74, 6) is -0.445. The molecule has 0 saturated carbocycles. The first kappa shape index (κ1) is 19.6. The number of carbonyl (C=O) groups excluding carboxylic acids is 2. The summed E-state index contributed by atoms with van der Waals surface area (Å²) >= 11 is 8.87. The fraction of sp³-hybridized carbons (Fsp3) is 0.150. The molecule has 0 aliphatic carbocycles. The van der Waals surface area contributed by atoms with Crippen LogP contribution in [-0.2, 0) is 9.53 Å². The molecule has 4 rings (SSSR count). The molecular formula is C20H15ClN2O4S2. The monoisotopic (exact) mass is 446 g/mol. The van der Waals surface area contributed by atoms with Gasteiger partial charge in [0.25, 0.3) is 5.91 Å². The molecule has 0 fully saturated rings. The van der Waals surface area contributed by atoms with Crippen LogP contribution in [-0.4, -0.2) is 30.6 Å². The highest BCUT2D eigenvalue weighted by Gasteiger charge is 2.20. The Morgan fingerprint density at radius 3 is 2.76 bits per heavy atom. The zero-order valence-corrected chi connectivity index (χ0v) is 17.8. The average molecular weight is 447 g/mol. The second-order valence-corrected chi connectivity index (χ2v) is 8.68. The Hall–Kier alpha value is -2.68. The molecule has 2 aromatic carbocycles. The minimum Gasteiger partial charge on any atom is -0.497 e. The van der Waals surface area contributed by atoms with Crippen LogP contribution in [0.5, 0.6) is 5.75 Å². The van der Waals surface area contributed by atoms with Crippen molar-refractivity contribution in [2.45, 2.75) is 6.92 Å². The van der Waals surface area contributed by atoms with Crippen LogP contribution < -0.4 is 10.1 Å². The molecule has 0 atom stereocenters. The van der Waals surface area contributed by atoms with Crippen LogP contribution in [0, 0.1) is 6.92 Å². The number of halogens is 1. The van der Waals surface area contributed by atoms with Crippen LogP contribution in [0.25, 0.3) is 20.3 Å². The number of hydrogen-bond donors (Lipinski definition) is 1. The molecule has 0 saturated heterocycles. The van der Waals surface area contributed by atoms with Gasteiger partial charge in [-0.25, -0.2) is 9.78 Å². The number of fused-ring (bicyclic) bond motifs is 2. The highest BCUT2D eigenvalue weighted by Crippen LogP contribution is 2.37. The Bertz CT molecular complexity index is 1250. The van der Waals surface area contributed by atoms with Crippen molar-refractivity contribution in [3.63, 3.8) is 0 Å². The fourth-order valence-electron chi connectivity index (χ4n) is 2.74. The number of carbonyl (C=O) groups is 2. The summed E-state index contributed by atoms with van der Waals surface area (Å²) in [7, 11) is 1.57. The maximum Gasteiger partial charge on any atom is 0.350 e. The zero-order valence-electron chi connectivity index (χ0n) is 15.4. The fourth-order valence-corrected chi connectivity index (χ4v) is 5.15. The molecular weight excluding hydrogens is 432 g/mol. The Morgan fingerprint density at radius 1 is 1.14 bits per heavy atom. The van der Waals surface area contributed by atoms with Gasteiger partial charge in [0, 0.05) is 10.1 Å². The van der Waals surface area contributed by atoms with Crippen molar-refractivity contribution in [2.75, 3.05) is 19.0 Å². The number of methoxy groups -OCH3 is 1. The first-order valence-electron chi connectivity index (χ1n) is 8.55. The molecule has 148 valence electrons. The number of nitrogens with zero attached hydrogens (tertiary/aromatic N) is 1. The quantitative estimate of drug-likeness (QED) is 0.422. The molecule has 0 unspecified atom stereocenters. The number of rotatable bonds is 5. The number of aryl methyl sites for hydroxylation is 1. The van der Waals surface area contributed by atoms with Crippen LogP contribution in [0.15, 0.2) is 36.4 Å². The number of anilines is 1. The van der Waals surface area contributed by atoms with Gasteiger partial charge in [-0.2, -0.15) is 0 Å². The minimum absolute atomic E-state index is 0.248. The third kappa shape index (κ3) is 4.05. The first-order chi connectivity index (χ1) is 13.9. The van der Waals surface area contributed by atoms with E-state index in [4.69, 9.17) is 21.1 Å². The first-order valence-corrected chi connectivity index (χ1v) is 10.6. The van der Waals surface area contributed by atoms with Crippen LogP contribution >= 0.6 is 34.3 Å². The lowest BCUT2D eigenvalue weighted by Crippen LogP contribution is -2.20. The van der Waals surface area contributed by atoms with Crippen molar-refractivity contribution in [3.05, 3.63) is 51.9 Å². The lowest BCUT2D eigenvalue weighted by Gasteiger charge is -2.03. The van der Waals surface area contributed by atoms with E-state index in [2.05, 4.69) is 10.3 Å². The third-order valence-electron chi connectivity index (χ3n) is 4.15. The van der Waals surface area contributed by atoms with E-state index in [0.29, 0.717) is 15.9 Å². The summed E-state index contributed by atoms with van der Waals surface area (Å²) in [6.45, 7) is 1.56. The molecule has 1 N–H and O–H groups in total. The smallest absolute Gasteiger partial charge is 0.350 e. The molecule has 0 aliphatic rings. The van der Waals surface area contributed by atoms with E-state index in [0.717, 1.165) is 25.9 Å². The summed E-state index contributed by atoms with van der Waals surface area (Å²) in [6.07, 6.45) is 0. The van der Waals surface area contributed by atoms with Crippen molar-refractivity contribution in [2.24, 2.45) is 0 Å². The molecule has 2 aromatic heterocycles. The van der Waals surface area contributed by atoms with E-state index in [1.165, 1.54) is 22.7 Å². The molecule has 9 heteroatoms. The molecule has 0 aliphatic heterocycles. The Labute approximate surface area is 179 Å². The van der Waals surface area contributed by atoms with Crippen LogP contribution in [0.1, 0.15) is 15.2 Å². The molecule has 0 spiro atoms. The molecule has 4 aromatic rings. The van der Waals surface area contributed by atoms with Crippen LogP contribution in [0.3, 0.4) is 0 Å². The number of hydrogen-bond acceptors (Lipinski definition) is 7. The van der Waals surface area contributed by atoms with E-state index in [-0.39, 0.29) is 4.88 Å². The maximum absolute atomic E-state index is 12.4. The van der Waals surface area contributed by atoms with Gasteiger partial charge in [-0.05, 0) is 42.8 Å². The van der Waals surface area contributed by atoms with Gasteiger partial charge in [-0.3, -0.25) is 10.1 Å². The number of nitrogens with one attached hydrogen (secondary N) is 1. The molecule has 6 nitrogen and oxygen atoms in total. The normalized spacial score (nSPS) is 11.0. The zero-order chi connectivity index (χ0) is 20.5. The van der Waals surface area contributed by atoms with E-state index in [1.807, 2.05) is 25.1 Å². The number of esters is 1. The summed E-state index contributed by atoms with van der Waals surface area (Å²) in [6, 6.07) is 11.2. The average Bonchev–Trinajstić information content (AvgIpc) is 3.25. The van der Waals surface area contributed by atoms with Gasteiger partial charge in [0.15, 0.2) is 11.7 Å². The second-order valence-electron chi connectivity index (χ2n) is 6.22. The predicted octanol–water partition coefficient (Wildman–Crippen LogP) is 5.28.